The van der Waals surface area contributed by atoms with Crippen molar-refractivity contribution in [3.05, 3.63) is 58.9 Å². The van der Waals surface area contributed by atoms with E-state index in [0.717, 1.165) is 11.6 Å². The number of rotatable bonds is 3. The molecule has 19 heavy (non-hydrogen) atoms. The maximum Gasteiger partial charge on any atom is 0.198 e. The van der Waals surface area contributed by atoms with Gasteiger partial charge in [0, 0.05) is 11.3 Å². The number of anilines is 1. The van der Waals surface area contributed by atoms with Gasteiger partial charge in [0.25, 0.3) is 0 Å². The number of benzene rings is 2. The number of ketones is 1. The SMILES string of the molecule is COc1ccc(F)cc1C(=O)c1cc(C)ccc1N. The first-order valence-electron chi connectivity index (χ1n) is 5.77. The molecule has 0 aliphatic heterocycles. The normalized spacial score (nSPS) is 10.3. The van der Waals surface area contributed by atoms with Gasteiger partial charge in [0.2, 0.25) is 0 Å². The summed E-state index contributed by atoms with van der Waals surface area (Å²) >= 11 is 0. The third-order valence-electron chi connectivity index (χ3n) is 2.86. The number of carbonyl (C=O) groups excluding carboxylic acids is 1. The van der Waals surface area contributed by atoms with Gasteiger partial charge in [-0.05, 0) is 37.3 Å². The summed E-state index contributed by atoms with van der Waals surface area (Å²) in [6.45, 7) is 1.86. The Morgan fingerprint density at radius 1 is 1.16 bits per heavy atom. The minimum Gasteiger partial charge on any atom is -0.496 e. The van der Waals surface area contributed by atoms with Crippen LogP contribution in [0.3, 0.4) is 0 Å². The van der Waals surface area contributed by atoms with Crippen LogP contribution in [0.1, 0.15) is 21.5 Å². The monoisotopic (exact) mass is 259 g/mol. The molecule has 0 saturated carbocycles. The van der Waals surface area contributed by atoms with Crippen molar-refractivity contribution in [3.8, 4) is 5.75 Å². The quantitative estimate of drug-likeness (QED) is 0.681. The molecule has 2 N–H and O–H groups in total. The standard InChI is InChI=1S/C15H14FNO2/c1-9-3-5-13(17)11(7-9)15(18)12-8-10(16)4-6-14(12)19-2/h3-8H,17H2,1-2H3. The van der Waals surface area contributed by atoms with Crippen molar-refractivity contribution in [3.63, 3.8) is 0 Å². The zero-order chi connectivity index (χ0) is 14.0. The molecule has 98 valence electrons. The summed E-state index contributed by atoms with van der Waals surface area (Å²) in [5.41, 5.74) is 7.59. The summed E-state index contributed by atoms with van der Waals surface area (Å²) in [5, 5.41) is 0. The Labute approximate surface area is 110 Å². The van der Waals surface area contributed by atoms with Crippen molar-refractivity contribution < 1.29 is 13.9 Å². The number of halogens is 1. The van der Waals surface area contributed by atoms with Gasteiger partial charge in [-0.25, -0.2) is 4.39 Å². The average Bonchev–Trinajstić information content (AvgIpc) is 2.40. The number of carbonyl (C=O) groups is 1. The number of hydrogen-bond donors (Lipinski definition) is 1. The number of aryl methyl sites for hydroxylation is 1. The molecule has 0 saturated heterocycles. The third kappa shape index (κ3) is 2.57. The van der Waals surface area contributed by atoms with E-state index in [2.05, 4.69) is 0 Å². The van der Waals surface area contributed by atoms with Crippen molar-refractivity contribution in [1.29, 1.82) is 0 Å². The molecule has 0 radical (unpaired) electrons. The van der Waals surface area contributed by atoms with Crippen molar-refractivity contribution in [2.24, 2.45) is 0 Å². The van der Waals surface area contributed by atoms with Crippen LogP contribution in [-0.4, -0.2) is 12.9 Å². The fourth-order valence-corrected chi connectivity index (χ4v) is 1.87. The van der Waals surface area contributed by atoms with Gasteiger partial charge in [-0.1, -0.05) is 11.6 Å². The molecule has 0 aliphatic carbocycles. The minimum absolute atomic E-state index is 0.166. The van der Waals surface area contributed by atoms with E-state index < -0.39 is 5.82 Å². The average molecular weight is 259 g/mol. The van der Waals surface area contributed by atoms with Crippen LogP contribution in [0.15, 0.2) is 36.4 Å². The molecule has 0 aromatic heterocycles. The third-order valence-corrected chi connectivity index (χ3v) is 2.86. The summed E-state index contributed by atoms with van der Waals surface area (Å²) in [6.07, 6.45) is 0. The fourth-order valence-electron chi connectivity index (χ4n) is 1.87. The molecule has 0 amide bonds. The van der Waals surface area contributed by atoms with Crippen molar-refractivity contribution in [2.45, 2.75) is 6.92 Å². The summed E-state index contributed by atoms with van der Waals surface area (Å²) in [6, 6.07) is 8.98. The fraction of sp³-hybridized carbons (Fsp3) is 0.133. The van der Waals surface area contributed by atoms with Crippen molar-refractivity contribution in [2.75, 3.05) is 12.8 Å². The van der Waals surface area contributed by atoms with E-state index >= 15 is 0 Å². The van der Waals surface area contributed by atoms with E-state index in [1.54, 1.807) is 12.1 Å². The lowest BCUT2D eigenvalue weighted by molar-refractivity contribution is 0.103. The van der Waals surface area contributed by atoms with Crippen molar-refractivity contribution >= 4 is 11.5 Å². The van der Waals surface area contributed by atoms with Crippen LogP contribution in [0, 0.1) is 12.7 Å². The Bertz CT molecular complexity index is 638. The van der Waals surface area contributed by atoms with Gasteiger partial charge >= 0.3 is 0 Å². The Morgan fingerprint density at radius 2 is 1.89 bits per heavy atom. The van der Waals surface area contributed by atoms with Gasteiger partial charge in [-0.15, -0.1) is 0 Å². The lowest BCUT2D eigenvalue weighted by Gasteiger charge is -2.10. The minimum atomic E-state index is -0.490. The largest absolute Gasteiger partial charge is 0.496 e. The zero-order valence-electron chi connectivity index (χ0n) is 10.7. The molecule has 0 unspecified atom stereocenters. The molecule has 0 fully saturated rings. The zero-order valence-corrected chi connectivity index (χ0v) is 10.7. The van der Waals surface area contributed by atoms with Crippen LogP contribution in [0.2, 0.25) is 0 Å². The Hall–Kier alpha value is -2.36. The predicted octanol–water partition coefficient (Wildman–Crippen LogP) is 2.96. The Balaban J connectivity index is 2.55. The number of ether oxygens (including phenoxy) is 1. The van der Waals surface area contributed by atoms with Gasteiger partial charge in [-0.3, -0.25) is 4.79 Å². The van der Waals surface area contributed by atoms with Crippen LogP contribution in [0.25, 0.3) is 0 Å². The van der Waals surface area contributed by atoms with E-state index in [1.807, 2.05) is 13.0 Å². The van der Waals surface area contributed by atoms with Gasteiger partial charge in [-0.2, -0.15) is 0 Å². The number of hydrogen-bond acceptors (Lipinski definition) is 3. The second-order valence-electron chi connectivity index (χ2n) is 4.26. The summed E-state index contributed by atoms with van der Waals surface area (Å²) in [7, 11) is 1.43. The molecular formula is C15H14FNO2. The van der Waals surface area contributed by atoms with Crippen LogP contribution in [-0.2, 0) is 0 Å². The highest BCUT2D eigenvalue weighted by Gasteiger charge is 2.17. The van der Waals surface area contributed by atoms with E-state index in [-0.39, 0.29) is 11.3 Å². The van der Waals surface area contributed by atoms with Crippen molar-refractivity contribution in [1.82, 2.24) is 0 Å². The molecule has 0 bridgehead atoms. The number of nitrogen functional groups attached to an aromatic ring is 1. The van der Waals surface area contributed by atoms with E-state index in [9.17, 15) is 9.18 Å². The molecule has 2 rings (SSSR count). The van der Waals surface area contributed by atoms with Crippen LogP contribution < -0.4 is 10.5 Å². The molecule has 2 aromatic carbocycles. The molecule has 0 atom stereocenters. The van der Waals surface area contributed by atoms with E-state index in [0.29, 0.717) is 17.0 Å². The Morgan fingerprint density at radius 3 is 2.58 bits per heavy atom. The maximum atomic E-state index is 13.3. The van der Waals surface area contributed by atoms with Gasteiger partial charge in [0.1, 0.15) is 11.6 Å². The van der Waals surface area contributed by atoms with Gasteiger partial charge < -0.3 is 10.5 Å². The van der Waals surface area contributed by atoms with Crippen LogP contribution >= 0.6 is 0 Å². The summed E-state index contributed by atoms with van der Waals surface area (Å²) < 4.78 is 18.4. The lowest BCUT2D eigenvalue weighted by atomic mass is 9.99. The summed E-state index contributed by atoms with van der Waals surface area (Å²) in [4.78, 5) is 12.4. The maximum absolute atomic E-state index is 13.3. The molecule has 3 nitrogen and oxygen atoms in total. The topological polar surface area (TPSA) is 52.3 Å². The molecule has 4 heteroatoms. The first-order chi connectivity index (χ1) is 9.02. The highest BCUT2D eigenvalue weighted by atomic mass is 19.1. The van der Waals surface area contributed by atoms with Gasteiger partial charge in [0.05, 0.1) is 12.7 Å². The molecular weight excluding hydrogens is 245 g/mol. The second kappa shape index (κ2) is 5.10. The van der Waals surface area contributed by atoms with E-state index in [1.165, 1.54) is 19.2 Å². The summed E-state index contributed by atoms with van der Waals surface area (Å²) in [5.74, 6) is -0.514. The Kier molecular flexibility index (Phi) is 3.51. The molecule has 2 aromatic rings. The smallest absolute Gasteiger partial charge is 0.198 e. The van der Waals surface area contributed by atoms with Crippen LogP contribution in [0.5, 0.6) is 5.75 Å². The molecule has 0 heterocycles. The van der Waals surface area contributed by atoms with Gasteiger partial charge in [0.15, 0.2) is 5.78 Å². The highest BCUT2D eigenvalue weighted by molar-refractivity contribution is 6.13. The first-order valence-corrected chi connectivity index (χ1v) is 5.77. The van der Waals surface area contributed by atoms with E-state index in [4.69, 9.17) is 10.5 Å². The second-order valence-corrected chi connectivity index (χ2v) is 4.26. The number of nitrogens with two attached hydrogens (primary N) is 1. The molecule has 0 aliphatic rings. The predicted molar refractivity (Wildman–Crippen MR) is 72.0 cm³/mol. The molecule has 0 spiro atoms. The highest BCUT2D eigenvalue weighted by Crippen LogP contribution is 2.25. The first kappa shape index (κ1) is 13.1. The number of methoxy groups -OCH3 is 1. The lowest BCUT2D eigenvalue weighted by Crippen LogP contribution is -2.08. The van der Waals surface area contributed by atoms with Crippen LogP contribution in [0.4, 0.5) is 10.1 Å².